The zero-order chi connectivity index (χ0) is 17.4. The first-order chi connectivity index (χ1) is 12.1. The van der Waals surface area contributed by atoms with Crippen molar-refractivity contribution >= 4 is 16.9 Å². The van der Waals surface area contributed by atoms with E-state index in [1.807, 2.05) is 11.2 Å². The summed E-state index contributed by atoms with van der Waals surface area (Å²) in [7, 11) is 0. The molecule has 0 spiro atoms. The van der Waals surface area contributed by atoms with Gasteiger partial charge >= 0.3 is 0 Å². The van der Waals surface area contributed by atoms with Crippen LogP contribution in [0.25, 0.3) is 11.0 Å². The van der Waals surface area contributed by atoms with Crippen LogP contribution in [-0.2, 0) is 6.67 Å². The van der Waals surface area contributed by atoms with Crippen molar-refractivity contribution in [3.05, 3.63) is 53.7 Å². The highest BCUT2D eigenvalue weighted by atomic mass is 16.3. The van der Waals surface area contributed by atoms with Crippen molar-refractivity contribution in [2.45, 2.75) is 20.5 Å². The number of imidazole rings is 1. The average molecular weight is 338 g/mol. The molecular weight excluding hydrogens is 316 g/mol. The van der Waals surface area contributed by atoms with Crippen molar-refractivity contribution in [1.82, 2.24) is 19.4 Å². The highest BCUT2D eigenvalue weighted by Crippen LogP contribution is 2.19. The Balaban J connectivity index is 1.42. The summed E-state index contributed by atoms with van der Waals surface area (Å²) in [6.45, 7) is 8.22. The molecule has 6 heteroatoms. The van der Waals surface area contributed by atoms with Crippen molar-refractivity contribution in [1.29, 1.82) is 0 Å². The van der Waals surface area contributed by atoms with Gasteiger partial charge in [0.05, 0.1) is 35.9 Å². The monoisotopic (exact) mass is 338 g/mol. The van der Waals surface area contributed by atoms with E-state index in [-0.39, 0.29) is 5.91 Å². The van der Waals surface area contributed by atoms with Gasteiger partial charge in [0.15, 0.2) is 0 Å². The Kier molecular flexibility index (Phi) is 4.05. The summed E-state index contributed by atoms with van der Waals surface area (Å²) in [6.07, 6.45) is 4.96. The lowest BCUT2D eigenvalue weighted by Crippen LogP contribution is -2.48. The molecule has 1 amide bonds. The van der Waals surface area contributed by atoms with Crippen LogP contribution in [0.5, 0.6) is 0 Å². The van der Waals surface area contributed by atoms with Crippen LogP contribution in [-0.4, -0.2) is 51.4 Å². The number of carbonyl (C=O) groups is 1. The van der Waals surface area contributed by atoms with Gasteiger partial charge in [-0.05, 0) is 43.2 Å². The second-order valence-electron chi connectivity index (χ2n) is 6.70. The lowest BCUT2D eigenvalue weighted by Gasteiger charge is -2.34. The molecule has 130 valence electrons. The van der Waals surface area contributed by atoms with Crippen LogP contribution in [0, 0.1) is 13.8 Å². The van der Waals surface area contributed by atoms with Crippen molar-refractivity contribution in [2.24, 2.45) is 0 Å². The van der Waals surface area contributed by atoms with E-state index in [0.29, 0.717) is 5.56 Å². The van der Waals surface area contributed by atoms with Gasteiger partial charge in [0.1, 0.15) is 6.26 Å². The first-order valence-electron chi connectivity index (χ1n) is 8.58. The minimum absolute atomic E-state index is 0.0487. The van der Waals surface area contributed by atoms with Crippen LogP contribution in [0.4, 0.5) is 0 Å². The average Bonchev–Trinajstić information content (AvgIpc) is 3.27. The van der Waals surface area contributed by atoms with E-state index in [4.69, 9.17) is 4.42 Å². The molecule has 1 fully saturated rings. The molecule has 1 aromatic carbocycles. The second-order valence-corrected chi connectivity index (χ2v) is 6.70. The first-order valence-corrected chi connectivity index (χ1v) is 8.58. The molecule has 0 N–H and O–H groups in total. The standard InChI is InChI=1S/C19H22N4O2/c1-14-9-17-18(10-15(14)2)23(12-20-17)13-21-4-6-22(7-5-21)19(24)16-3-8-25-11-16/h3,8-12H,4-7,13H2,1-2H3. The van der Waals surface area contributed by atoms with Crippen LogP contribution in [0.15, 0.2) is 41.5 Å². The quantitative estimate of drug-likeness (QED) is 0.737. The predicted molar refractivity (Wildman–Crippen MR) is 95.4 cm³/mol. The summed E-state index contributed by atoms with van der Waals surface area (Å²) in [4.78, 5) is 21.1. The molecule has 0 unspecified atom stereocenters. The van der Waals surface area contributed by atoms with E-state index in [1.165, 1.54) is 29.2 Å². The molecule has 0 saturated carbocycles. The number of piperazine rings is 1. The van der Waals surface area contributed by atoms with Gasteiger partial charge < -0.3 is 13.9 Å². The van der Waals surface area contributed by atoms with Crippen molar-refractivity contribution in [2.75, 3.05) is 26.2 Å². The Labute approximate surface area is 146 Å². The number of amides is 1. The largest absolute Gasteiger partial charge is 0.472 e. The second kappa shape index (κ2) is 6.37. The predicted octanol–water partition coefficient (Wildman–Crippen LogP) is 2.66. The van der Waals surface area contributed by atoms with Gasteiger partial charge in [-0.2, -0.15) is 0 Å². The molecular formula is C19H22N4O2. The number of furan rings is 1. The van der Waals surface area contributed by atoms with Crippen molar-refractivity contribution < 1.29 is 9.21 Å². The molecule has 2 aromatic heterocycles. The molecule has 0 aliphatic carbocycles. The van der Waals surface area contributed by atoms with Gasteiger partial charge in [-0.3, -0.25) is 9.69 Å². The summed E-state index contributed by atoms with van der Waals surface area (Å²) < 4.78 is 7.20. The Morgan fingerprint density at radius 1 is 1.16 bits per heavy atom. The molecule has 1 aliphatic heterocycles. The summed E-state index contributed by atoms with van der Waals surface area (Å²) in [5, 5.41) is 0. The van der Waals surface area contributed by atoms with Gasteiger partial charge in [-0.1, -0.05) is 0 Å². The van der Waals surface area contributed by atoms with Crippen LogP contribution in [0.1, 0.15) is 21.5 Å². The third-order valence-corrected chi connectivity index (χ3v) is 5.02. The number of benzene rings is 1. The van der Waals surface area contributed by atoms with E-state index < -0.39 is 0 Å². The van der Waals surface area contributed by atoms with Gasteiger partial charge in [-0.25, -0.2) is 4.98 Å². The minimum atomic E-state index is 0.0487. The van der Waals surface area contributed by atoms with Crippen molar-refractivity contribution in [3.63, 3.8) is 0 Å². The normalized spacial score (nSPS) is 15.8. The Morgan fingerprint density at radius 2 is 1.92 bits per heavy atom. The van der Waals surface area contributed by atoms with E-state index in [1.54, 1.807) is 6.07 Å². The van der Waals surface area contributed by atoms with Crippen LogP contribution in [0.2, 0.25) is 0 Å². The number of hydrogen-bond donors (Lipinski definition) is 0. The first kappa shape index (κ1) is 15.9. The number of carbonyl (C=O) groups excluding carboxylic acids is 1. The van der Waals surface area contributed by atoms with E-state index >= 15 is 0 Å². The fraction of sp³-hybridized carbons (Fsp3) is 0.368. The highest BCUT2D eigenvalue weighted by Gasteiger charge is 2.23. The summed E-state index contributed by atoms with van der Waals surface area (Å²) in [5.41, 5.74) is 5.38. The van der Waals surface area contributed by atoms with Gasteiger partial charge in [0.25, 0.3) is 5.91 Å². The molecule has 6 nitrogen and oxygen atoms in total. The summed E-state index contributed by atoms with van der Waals surface area (Å²) in [5.74, 6) is 0.0487. The smallest absolute Gasteiger partial charge is 0.257 e. The van der Waals surface area contributed by atoms with E-state index in [0.717, 1.165) is 38.4 Å². The number of hydrogen-bond acceptors (Lipinski definition) is 4. The maximum atomic E-state index is 12.4. The zero-order valence-electron chi connectivity index (χ0n) is 14.6. The van der Waals surface area contributed by atoms with E-state index in [2.05, 4.69) is 40.4 Å². The Bertz CT molecular complexity index is 890. The van der Waals surface area contributed by atoms with Gasteiger partial charge in [0, 0.05) is 26.2 Å². The molecule has 3 heterocycles. The number of aryl methyl sites for hydroxylation is 2. The maximum Gasteiger partial charge on any atom is 0.257 e. The highest BCUT2D eigenvalue weighted by molar-refractivity contribution is 5.93. The van der Waals surface area contributed by atoms with Crippen LogP contribution < -0.4 is 0 Å². The van der Waals surface area contributed by atoms with Crippen molar-refractivity contribution in [3.8, 4) is 0 Å². The molecule has 1 aliphatic rings. The topological polar surface area (TPSA) is 54.5 Å². The third-order valence-electron chi connectivity index (χ3n) is 5.02. The lowest BCUT2D eigenvalue weighted by atomic mass is 10.1. The van der Waals surface area contributed by atoms with E-state index in [9.17, 15) is 4.79 Å². The fourth-order valence-electron chi connectivity index (χ4n) is 3.30. The number of nitrogens with zero attached hydrogens (tertiary/aromatic N) is 4. The third kappa shape index (κ3) is 3.05. The van der Waals surface area contributed by atoms with Gasteiger partial charge in [-0.15, -0.1) is 0 Å². The molecule has 0 atom stereocenters. The fourth-order valence-corrected chi connectivity index (χ4v) is 3.30. The number of rotatable bonds is 3. The molecule has 0 radical (unpaired) electrons. The molecule has 1 saturated heterocycles. The number of aromatic nitrogens is 2. The minimum Gasteiger partial charge on any atom is -0.472 e. The maximum absolute atomic E-state index is 12.4. The number of fused-ring (bicyclic) bond motifs is 1. The Hall–Kier alpha value is -2.60. The van der Waals surface area contributed by atoms with Crippen LogP contribution in [0.3, 0.4) is 0 Å². The SMILES string of the molecule is Cc1cc2ncn(CN3CCN(C(=O)c4ccoc4)CC3)c2cc1C. The lowest BCUT2D eigenvalue weighted by molar-refractivity contribution is 0.0596. The zero-order valence-corrected chi connectivity index (χ0v) is 14.6. The van der Waals surface area contributed by atoms with Gasteiger partial charge in [0.2, 0.25) is 0 Å². The van der Waals surface area contributed by atoms with Crippen LogP contribution >= 0.6 is 0 Å². The molecule has 3 aromatic rings. The Morgan fingerprint density at radius 3 is 2.64 bits per heavy atom. The molecule has 4 rings (SSSR count). The molecule has 25 heavy (non-hydrogen) atoms. The summed E-state index contributed by atoms with van der Waals surface area (Å²) in [6, 6.07) is 6.07. The molecule has 0 bridgehead atoms. The summed E-state index contributed by atoms with van der Waals surface area (Å²) >= 11 is 0.